The molecule has 0 spiro atoms. The van der Waals surface area contributed by atoms with Crippen molar-refractivity contribution in [3.8, 4) is 11.1 Å². The molecule has 0 aliphatic rings. The standard InChI is InChI=1S/2C14H10.6C12H8.C10H8.2C8H6.C6H6.C4H4.9Y/c1-3-7-13-11(5-1)9-10-12-6-2-4-8-14(12)13;1-2-6-12-10-14-8-4-3-7-13(14)9-11(12)5-1;2*1-9-7-8-11-5-3-4-6-12(11)10(9)2;1-3-7-11(8-4-1)12-9-5-2-6-10-12;1-2-10-7-5-8-11-6-3-4-9-12(10)11;2*1-2-10-7-8-11-5-3-4-6-12(11)9-10;1-2-6-10-8-4-3-7-9(10)5-1;1-7-5-3-4-6-8(7)2;1-2-8-6-4-3-5-7-8;1-2-4-6-5-3-1;1-3-4-2;;;;;;;;;/h2*1-10H;2*1-8H;1-7,9H;2*1-6,8-9H;1-8H;1-8H;2*1-6H;1-6H;1-4H;;;;;;;;;/q;;6*-2;;2*-2;;-2;;;;;;;;;. The molecule has 9 radical (unpaired) electrons. The van der Waals surface area contributed by atoms with Gasteiger partial charge in [-0.3, -0.25) is 67.1 Å². The molecule has 0 N–H and O–H groups in total. The zero-order valence-electron chi connectivity index (χ0n) is 80.8. The van der Waals surface area contributed by atoms with Gasteiger partial charge in [0, 0.05) is 294 Å². The molecule has 0 nitrogen and oxygen atoms in total. The van der Waals surface area contributed by atoms with Gasteiger partial charge in [0.2, 0.25) is 0 Å². The molecular weight excluding hydrogens is 2430 g/mol. The van der Waals surface area contributed by atoms with E-state index in [-0.39, 0.29) is 294 Å². The summed E-state index contributed by atoms with van der Waals surface area (Å²) in [5.74, 6) is 0. The van der Waals surface area contributed by atoms with Crippen LogP contribution < -0.4 is 31.3 Å². The normalized spacial score (nSPS) is 9.21. The van der Waals surface area contributed by atoms with Crippen LogP contribution in [-0.4, -0.2) is 0 Å². The van der Waals surface area contributed by atoms with E-state index >= 15 is 0 Å². The molecule has 0 aliphatic carbocycles. The average Bonchev–Trinajstić information content (AvgIpc) is 0.810. The molecule has 23 aromatic carbocycles. The fraction of sp³-hybridized carbons (Fsp3) is 0. The smallest absolute Gasteiger partial charge is 0 e. The van der Waals surface area contributed by atoms with Crippen LogP contribution >= 0.6 is 0 Å². The zero-order chi connectivity index (χ0) is 95.5. The van der Waals surface area contributed by atoms with Gasteiger partial charge in [0.25, 0.3) is 0 Å². The van der Waals surface area contributed by atoms with Gasteiger partial charge in [-0.15, -0.1) is 100 Å². The van der Waals surface area contributed by atoms with E-state index in [2.05, 4.69) is 231 Å². The van der Waals surface area contributed by atoms with E-state index in [0.717, 1.165) is 65.7 Å². The van der Waals surface area contributed by atoms with Crippen molar-refractivity contribution in [2.75, 3.05) is 0 Å². The van der Waals surface area contributed by atoms with Crippen LogP contribution in [0.25, 0.3) is 183 Å². The summed E-state index contributed by atoms with van der Waals surface area (Å²) in [5.41, 5.74) is 5.97. The predicted octanol–water partition coefficient (Wildman–Crippen LogP) is 30.7. The molecule has 0 atom stereocenters. The summed E-state index contributed by atoms with van der Waals surface area (Å²) in [6.45, 7) is 64.6. The third kappa shape index (κ3) is 44.8. The van der Waals surface area contributed by atoms with Gasteiger partial charge in [0.05, 0.1) is 0 Å². The van der Waals surface area contributed by atoms with Crippen LogP contribution in [-0.2, 0) is 294 Å². The second-order valence-corrected chi connectivity index (χ2v) is 30.2. The molecule has 0 unspecified atom stereocenters. The molecule has 23 rings (SSSR count). The Morgan fingerprint density at radius 3 is 0.821 bits per heavy atom. The van der Waals surface area contributed by atoms with E-state index in [1.54, 1.807) is 30.4 Å². The molecule has 145 heavy (non-hydrogen) atoms. The number of hydrogen-bond acceptors (Lipinski definition) is 0. The molecule has 0 aromatic heterocycles. The zero-order valence-corrected chi connectivity index (χ0v) is 106. The molecule has 0 aliphatic heterocycles. The summed E-state index contributed by atoms with van der Waals surface area (Å²) in [6, 6.07) is 181. The summed E-state index contributed by atoms with van der Waals surface area (Å²) in [5, 5.41) is 28.5. The quantitative estimate of drug-likeness (QED) is 0.0674. The second kappa shape index (κ2) is 76.7. The van der Waals surface area contributed by atoms with Gasteiger partial charge in [0.15, 0.2) is 0 Å². The molecule has 9 heteroatoms. The Kier molecular flexibility index (Phi) is 70.5. The molecule has 0 bridgehead atoms. The molecule has 0 saturated heterocycles. The van der Waals surface area contributed by atoms with Crippen LogP contribution in [0, 0.1) is 75.9 Å². The molecule has 23 aromatic rings. The first kappa shape index (κ1) is 133. The number of allylic oxidation sites excluding steroid dienone is 2. The van der Waals surface area contributed by atoms with E-state index in [1.165, 1.54) is 93.6 Å². The molecule has 687 valence electrons. The third-order valence-electron chi connectivity index (χ3n) is 21.0. The number of hydrogen-bond donors (Lipinski definition) is 0. The maximum absolute atomic E-state index is 5.79. The fourth-order valence-electron chi connectivity index (χ4n) is 13.9. The van der Waals surface area contributed by atoms with Gasteiger partial charge in [-0.25, -0.2) is 77.9 Å². The minimum absolute atomic E-state index is 0. The summed E-state index contributed by atoms with van der Waals surface area (Å²) in [4.78, 5) is 0. The summed E-state index contributed by atoms with van der Waals surface area (Å²) in [6.07, 6.45) is 8.79. The van der Waals surface area contributed by atoms with Crippen molar-refractivity contribution in [2.24, 2.45) is 0 Å². The van der Waals surface area contributed by atoms with Gasteiger partial charge in [-0.05, 0) is 66.0 Å². The van der Waals surface area contributed by atoms with Gasteiger partial charge >= 0.3 is 0 Å². The summed E-state index contributed by atoms with van der Waals surface area (Å²) < 4.78 is 0. The van der Waals surface area contributed by atoms with Crippen LogP contribution in [0.1, 0.15) is 22.3 Å². The number of rotatable bonds is 6. The van der Waals surface area contributed by atoms with Gasteiger partial charge in [0.1, 0.15) is 0 Å². The first-order valence-corrected chi connectivity index (χ1v) is 44.0. The Bertz CT molecular complexity index is 7610. The van der Waals surface area contributed by atoms with Crippen molar-refractivity contribution < 1.29 is 294 Å². The Balaban J connectivity index is 0.000000532. The van der Waals surface area contributed by atoms with Crippen LogP contribution in [0.5, 0.6) is 0 Å². The summed E-state index contributed by atoms with van der Waals surface area (Å²) >= 11 is 0. The maximum atomic E-state index is 5.79. The van der Waals surface area contributed by atoms with Crippen molar-refractivity contribution in [2.45, 2.75) is 0 Å². The first-order valence-electron chi connectivity index (χ1n) is 44.0. The van der Waals surface area contributed by atoms with Crippen molar-refractivity contribution in [1.82, 2.24) is 0 Å². The monoisotopic (exact) mass is 2530 g/mol. The third-order valence-corrected chi connectivity index (χ3v) is 21.0. The van der Waals surface area contributed by atoms with Gasteiger partial charge in [-0.2, -0.15) is 89.0 Å². The largest absolute Gasteiger partial charge is 0.394 e. The second-order valence-electron chi connectivity index (χ2n) is 30.2. The van der Waals surface area contributed by atoms with Gasteiger partial charge < -0.3 is 102 Å². The van der Waals surface area contributed by atoms with E-state index < -0.39 is 0 Å². The van der Waals surface area contributed by atoms with Crippen molar-refractivity contribution in [3.63, 3.8) is 0 Å². The number of fused-ring (bicyclic) bond motifs is 11. The molecule has 0 amide bonds. The Morgan fingerprint density at radius 2 is 0.469 bits per heavy atom. The van der Waals surface area contributed by atoms with E-state index in [1.807, 2.05) is 279 Å². The molecule has 0 saturated carbocycles. The number of benzene rings is 23. The average molecular weight is 2530 g/mol. The SMILES string of the molecule is [CH-]=CC=[CH-].[CH-]=Cc1[c-]c2ccccc2cc1.[CH-]=Cc1[c-]cc2ccccc2c1.[CH-]=Cc1[c-]ccc2ccccc12.[CH-]=Cc1[c-]cccc1.[CH-]=c1ccc2ccccc2c1=[CH-].[CH-]=c1ccc2ccccc2c1=[CH-].[CH-]=c1ccccc1=[CH-].[Y].[Y].[Y].[Y].[Y].[Y].[Y].[Y].[Y].[c-]1ccccc1-c1[c-]cccc1.c1ccc2c(c1)ccc1ccccc12.c1ccc2cc3ccccc3cc2c1.c1ccc2ccccc2c1.c1ccccc1. The maximum Gasteiger partial charge on any atom is 0 e. The van der Waals surface area contributed by atoms with E-state index in [9.17, 15) is 0 Å². The topological polar surface area (TPSA) is 0 Å². The van der Waals surface area contributed by atoms with Crippen molar-refractivity contribution in [3.05, 3.63) is 627 Å². The van der Waals surface area contributed by atoms with Gasteiger partial charge in [-0.1, -0.05) is 307 Å². The minimum atomic E-state index is 0. The predicted molar refractivity (Wildman–Crippen MR) is 588 cm³/mol. The summed E-state index contributed by atoms with van der Waals surface area (Å²) in [7, 11) is 0. The Morgan fingerprint density at radius 1 is 0.172 bits per heavy atom. The van der Waals surface area contributed by atoms with E-state index in [0.29, 0.717) is 31.3 Å². The molecule has 0 fully saturated rings. The Labute approximate surface area is 1090 Å². The van der Waals surface area contributed by atoms with Crippen LogP contribution in [0.15, 0.2) is 497 Å². The van der Waals surface area contributed by atoms with Crippen molar-refractivity contribution >= 4 is 172 Å². The fourth-order valence-corrected chi connectivity index (χ4v) is 13.9. The molecule has 0 heterocycles. The van der Waals surface area contributed by atoms with Crippen LogP contribution in [0.2, 0.25) is 0 Å². The van der Waals surface area contributed by atoms with Crippen LogP contribution in [0.3, 0.4) is 0 Å². The van der Waals surface area contributed by atoms with Crippen molar-refractivity contribution in [1.29, 1.82) is 0 Å². The first-order chi connectivity index (χ1) is 66.8. The van der Waals surface area contributed by atoms with E-state index in [4.69, 9.17) is 78.9 Å². The van der Waals surface area contributed by atoms with Crippen LogP contribution in [0.4, 0.5) is 0 Å². The Hall–Kier alpha value is -7.74. The molecular formula is C136H98Y9-18. The minimum Gasteiger partial charge on any atom is -0.394 e.